The average molecular weight is 378 g/mol. The number of carbonyl (C=O) groups excluding carboxylic acids is 1. The number of carbonyl (C=O) groups is 1. The standard InChI is InChI=1S/C17H27N3O2.2ClH/c1-2-19-17(22)15-9-6-10-20(15)12-16(21)14(18)11-13-7-4-3-5-8-13;;/h3-5,7-8,14-16,21H,2,6,9-12,18H2,1H3,(H,19,22);2*1H/t14-,15+,16+;;/m1../s1. The topological polar surface area (TPSA) is 78.6 Å². The maximum Gasteiger partial charge on any atom is 0.237 e. The number of benzene rings is 1. The van der Waals surface area contributed by atoms with Crippen molar-refractivity contribution < 1.29 is 9.90 Å². The Hall–Kier alpha value is -0.850. The SMILES string of the molecule is CCNC(=O)[C@@H]1CCCN1C[C@H](O)[C@H](N)Cc1ccccc1.Cl.Cl. The van der Waals surface area contributed by atoms with Gasteiger partial charge < -0.3 is 16.2 Å². The second kappa shape index (κ2) is 11.7. The molecule has 1 saturated heterocycles. The van der Waals surface area contributed by atoms with Gasteiger partial charge in [0, 0.05) is 19.1 Å². The lowest BCUT2D eigenvalue weighted by Crippen LogP contribution is -2.50. The second-order valence-corrected chi connectivity index (χ2v) is 5.97. The minimum atomic E-state index is -0.629. The van der Waals surface area contributed by atoms with Crippen molar-refractivity contribution >= 4 is 30.7 Å². The second-order valence-electron chi connectivity index (χ2n) is 5.97. The molecule has 0 unspecified atom stereocenters. The molecule has 1 fully saturated rings. The maximum atomic E-state index is 12.0. The van der Waals surface area contributed by atoms with E-state index >= 15 is 0 Å². The average Bonchev–Trinajstić information content (AvgIpc) is 2.96. The van der Waals surface area contributed by atoms with Crippen LogP contribution in [0.1, 0.15) is 25.3 Å². The Morgan fingerprint density at radius 1 is 1.38 bits per heavy atom. The van der Waals surface area contributed by atoms with Crippen LogP contribution in [0, 0.1) is 0 Å². The van der Waals surface area contributed by atoms with Crippen molar-refractivity contribution in [1.82, 2.24) is 10.2 Å². The fourth-order valence-corrected chi connectivity index (χ4v) is 3.03. The van der Waals surface area contributed by atoms with Crippen molar-refractivity contribution in [1.29, 1.82) is 0 Å². The molecule has 2 rings (SSSR count). The highest BCUT2D eigenvalue weighted by Crippen LogP contribution is 2.18. The van der Waals surface area contributed by atoms with Crippen molar-refractivity contribution in [3.63, 3.8) is 0 Å². The van der Waals surface area contributed by atoms with Crippen LogP contribution in [-0.2, 0) is 11.2 Å². The number of likely N-dealkylation sites (N-methyl/N-ethyl adjacent to an activating group) is 1. The van der Waals surface area contributed by atoms with Crippen LogP contribution in [0.4, 0.5) is 0 Å². The van der Waals surface area contributed by atoms with Gasteiger partial charge in [-0.15, -0.1) is 24.8 Å². The highest BCUT2D eigenvalue weighted by Gasteiger charge is 2.32. The zero-order valence-electron chi connectivity index (χ0n) is 14.1. The minimum absolute atomic E-state index is 0. The van der Waals surface area contributed by atoms with Gasteiger partial charge >= 0.3 is 0 Å². The number of nitrogens with one attached hydrogen (secondary N) is 1. The summed E-state index contributed by atoms with van der Waals surface area (Å²) in [6.07, 6.45) is 1.85. The third-order valence-corrected chi connectivity index (χ3v) is 4.25. The first kappa shape index (κ1) is 23.1. The van der Waals surface area contributed by atoms with Gasteiger partial charge in [0.15, 0.2) is 0 Å². The van der Waals surface area contributed by atoms with Crippen LogP contribution in [0.3, 0.4) is 0 Å². The lowest BCUT2D eigenvalue weighted by atomic mass is 10.0. The molecule has 7 heteroatoms. The van der Waals surface area contributed by atoms with Crippen LogP contribution in [0.25, 0.3) is 0 Å². The van der Waals surface area contributed by atoms with Gasteiger partial charge in [-0.2, -0.15) is 0 Å². The smallest absolute Gasteiger partial charge is 0.237 e. The largest absolute Gasteiger partial charge is 0.390 e. The molecule has 24 heavy (non-hydrogen) atoms. The minimum Gasteiger partial charge on any atom is -0.390 e. The number of aliphatic hydroxyl groups excluding tert-OH is 1. The molecule has 1 heterocycles. The highest BCUT2D eigenvalue weighted by molar-refractivity contribution is 5.85. The molecule has 4 N–H and O–H groups in total. The zero-order chi connectivity index (χ0) is 15.9. The predicted molar refractivity (Wildman–Crippen MR) is 102 cm³/mol. The Morgan fingerprint density at radius 2 is 2.04 bits per heavy atom. The number of hydrogen-bond acceptors (Lipinski definition) is 4. The molecule has 1 aromatic carbocycles. The van der Waals surface area contributed by atoms with Crippen LogP contribution in [-0.4, -0.2) is 53.7 Å². The van der Waals surface area contributed by atoms with E-state index in [1.54, 1.807) is 0 Å². The van der Waals surface area contributed by atoms with E-state index < -0.39 is 6.10 Å². The lowest BCUT2D eigenvalue weighted by molar-refractivity contribution is -0.125. The summed E-state index contributed by atoms with van der Waals surface area (Å²) in [6.45, 7) is 3.85. The van der Waals surface area contributed by atoms with E-state index in [1.807, 2.05) is 37.3 Å². The molecular weight excluding hydrogens is 349 g/mol. The number of nitrogens with two attached hydrogens (primary N) is 1. The number of β-amino-alcohol motifs (C(OH)–C–C–N with tert-alkyl or cyclic N) is 1. The molecule has 5 nitrogen and oxygen atoms in total. The van der Waals surface area contributed by atoms with Gasteiger partial charge in [0.1, 0.15) is 0 Å². The van der Waals surface area contributed by atoms with Crippen molar-refractivity contribution in [2.45, 2.75) is 44.4 Å². The molecule has 0 aromatic heterocycles. The lowest BCUT2D eigenvalue weighted by Gasteiger charge is -2.28. The van der Waals surface area contributed by atoms with Crippen molar-refractivity contribution in [3.8, 4) is 0 Å². The van der Waals surface area contributed by atoms with Gasteiger partial charge in [0.2, 0.25) is 5.91 Å². The third kappa shape index (κ3) is 6.57. The van der Waals surface area contributed by atoms with E-state index in [9.17, 15) is 9.90 Å². The number of rotatable bonds is 7. The summed E-state index contributed by atoms with van der Waals surface area (Å²) in [5, 5.41) is 13.2. The first-order chi connectivity index (χ1) is 10.6. The first-order valence-corrected chi connectivity index (χ1v) is 8.11. The van der Waals surface area contributed by atoms with Crippen molar-refractivity contribution in [2.75, 3.05) is 19.6 Å². The Morgan fingerprint density at radius 3 is 2.67 bits per heavy atom. The summed E-state index contributed by atoms with van der Waals surface area (Å²) in [4.78, 5) is 14.1. The molecule has 138 valence electrons. The van der Waals surface area contributed by atoms with E-state index in [0.717, 1.165) is 24.9 Å². The van der Waals surface area contributed by atoms with Crippen LogP contribution in [0.2, 0.25) is 0 Å². The first-order valence-electron chi connectivity index (χ1n) is 8.11. The van der Waals surface area contributed by atoms with Crippen molar-refractivity contribution in [3.05, 3.63) is 35.9 Å². The predicted octanol–water partition coefficient (Wildman–Crippen LogP) is 1.36. The summed E-state index contributed by atoms with van der Waals surface area (Å²) in [7, 11) is 0. The maximum absolute atomic E-state index is 12.0. The van der Waals surface area contributed by atoms with Crippen molar-refractivity contribution in [2.24, 2.45) is 5.73 Å². The Balaban J connectivity index is 0.00000264. The van der Waals surface area contributed by atoms with E-state index in [1.165, 1.54) is 0 Å². The normalized spacial score (nSPS) is 19.7. The molecule has 0 bridgehead atoms. The highest BCUT2D eigenvalue weighted by atomic mass is 35.5. The van der Waals surface area contributed by atoms with Gasteiger partial charge in [-0.1, -0.05) is 30.3 Å². The van der Waals surface area contributed by atoms with Gasteiger partial charge in [-0.25, -0.2) is 0 Å². The Labute approximate surface area is 156 Å². The van der Waals surface area contributed by atoms with E-state index in [4.69, 9.17) is 5.73 Å². The number of amides is 1. The molecule has 0 radical (unpaired) electrons. The molecule has 0 saturated carbocycles. The summed E-state index contributed by atoms with van der Waals surface area (Å²) in [5.41, 5.74) is 7.25. The number of aliphatic hydroxyl groups is 1. The third-order valence-electron chi connectivity index (χ3n) is 4.25. The number of nitrogens with zero attached hydrogens (tertiary/aromatic N) is 1. The zero-order valence-corrected chi connectivity index (χ0v) is 15.7. The molecular formula is C17H29Cl2N3O2. The van der Waals surface area contributed by atoms with Crippen LogP contribution < -0.4 is 11.1 Å². The molecule has 3 atom stereocenters. The van der Waals surface area contributed by atoms with Crippen LogP contribution in [0.15, 0.2) is 30.3 Å². The molecule has 1 aromatic rings. The monoisotopic (exact) mass is 377 g/mol. The van der Waals surface area contributed by atoms with Gasteiger partial charge in [-0.05, 0) is 38.3 Å². The van der Waals surface area contributed by atoms with Gasteiger partial charge in [0.05, 0.1) is 12.1 Å². The van der Waals surface area contributed by atoms with Crippen LogP contribution >= 0.6 is 24.8 Å². The molecule has 1 amide bonds. The summed E-state index contributed by atoms with van der Waals surface area (Å²) < 4.78 is 0. The molecule has 1 aliphatic rings. The fraction of sp³-hybridized carbons (Fsp3) is 0.588. The van der Waals surface area contributed by atoms with Gasteiger partial charge in [-0.3, -0.25) is 9.69 Å². The fourth-order valence-electron chi connectivity index (χ4n) is 3.03. The summed E-state index contributed by atoms with van der Waals surface area (Å²) in [6, 6.07) is 9.49. The summed E-state index contributed by atoms with van der Waals surface area (Å²) in [5.74, 6) is 0.0591. The molecule has 0 aliphatic carbocycles. The number of halogens is 2. The number of likely N-dealkylation sites (tertiary alicyclic amines) is 1. The Bertz CT molecular complexity index is 476. The molecule has 0 spiro atoms. The number of hydrogen-bond donors (Lipinski definition) is 3. The van der Waals surface area contributed by atoms with Crippen LogP contribution in [0.5, 0.6) is 0 Å². The quantitative estimate of drug-likeness (QED) is 0.670. The van der Waals surface area contributed by atoms with E-state index in [2.05, 4.69) is 10.2 Å². The van der Waals surface area contributed by atoms with E-state index in [-0.39, 0.29) is 42.8 Å². The van der Waals surface area contributed by atoms with E-state index in [0.29, 0.717) is 19.5 Å². The summed E-state index contributed by atoms with van der Waals surface area (Å²) >= 11 is 0. The molecule has 1 aliphatic heterocycles. The van der Waals surface area contributed by atoms with Gasteiger partial charge in [0.25, 0.3) is 0 Å². The Kier molecular flexibility index (Phi) is 11.2.